The molecule has 0 bridgehead atoms. The molecule has 0 unspecified atom stereocenters. The Labute approximate surface area is 373 Å². The Morgan fingerprint density at radius 2 is 0.841 bits per heavy atom. The lowest BCUT2D eigenvalue weighted by Gasteiger charge is -2.11. The number of rotatable bonds is 6. The smallest absolute Gasteiger partial charge is 0.164 e. The van der Waals surface area contributed by atoms with Gasteiger partial charge in [-0.15, -0.1) is 34.0 Å². The first-order valence-corrected chi connectivity index (χ1v) is 23.2. The fraction of sp³-hybridized carbons (Fsp3) is 0. The molecule has 8 aromatic carbocycles. The van der Waals surface area contributed by atoms with Crippen LogP contribution >= 0.6 is 34.0 Å². The van der Waals surface area contributed by atoms with E-state index >= 15 is 0 Å². The Balaban J connectivity index is 0.989. The Morgan fingerprint density at radius 1 is 0.286 bits per heavy atom. The maximum absolute atomic E-state index is 5.31. The number of nitrogens with zero attached hydrogens (tertiary/aromatic N) is 5. The lowest BCUT2D eigenvalue weighted by atomic mass is 10.0. The molecule has 13 aromatic rings. The van der Waals surface area contributed by atoms with Crippen LogP contribution in [0.15, 0.2) is 188 Å². The lowest BCUT2D eigenvalue weighted by Crippen LogP contribution is -2.00. The van der Waals surface area contributed by atoms with E-state index in [1.165, 1.54) is 35.1 Å². The monoisotopic (exact) mass is 857 g/mol. The molecular formula is C55H31N5S3. The summed E-state index contributed by atoms with van der Waals surface area (Å²) in [4.78, 5) is 26.3. The predicted octanol–water partition coefficient (Wildman–Crippen LogP) is 15.8. The van der Waals surface area contributed by atoms with E-state index in [-0.39, 0.29) is 0 Å². The topological polar surface area (TPSA) is 64.5 Å². The number of thiophene rings is 3. The largest absolute Gasteiger partial charge is 0.226 e. The molecule has 294 valence electrons. The molecule has 0 N–H and O–H groups in total. The van der Waals surface area contributed by atoms with E-state index in [4.69, 9.17) is 24.9 Å². The van der Waals surface area contributed by atoms with Crippen molar-refractivity contribution in [2.45, 2.75) is 0 Å². The van der Waals surface area contributed by atoms with Gasteiger partial charge in [-0.3, -0.25) is 0 Å². The number of hydrogen-bond acceptors (Lipinski definition) is 8. The minimum absolute atomic E-state index is 0.625. The van der Waals surface area contributed by atoms with Crippen molar-refractivity contribution in [3.05, 3.63) is 188 Å². The third-order valence-corrected chi connectivity index (χ3v) is 15.3. The van der Waals surface area contributed by atoms with E-state index in [0.29, 0.717) is 23.3 Å². The first kappa shape index (κ1) is 36.2. The summed E-state index contributed by atoms with van der Waals surface area (Å²) in [6.07, 6.45) is 0. The molecule has 0 saturated carbocycles. The van der Waals surface area contributed by atoms with Gasteiger partial charge >= 0.3 is 0 Å². The van der Waals surface area contributed by atoms with E-state index in [2.05, 4.69) is 164 Å². The number of benzene rings is 8. The lowest BCUT2D eigenvalue weighted by molar-refractivity contribution is 1.08. The second kappa shape index (κ2) is 14.6. The van der Waals surface area contributed by atoms with E-state index < -0.39 is 0 Å². The van der Waals surface area contributed by atoms with Crippen LogP contribution in [0, 0.1) is 0 Å². The molecule has 5 aromatic heterocycles. The van der Waals surface area contributed by atoms with Gasteiger partial charge in [-0.2, -0.15) is 0 Å². The average Bonchev–Trinajstić information content (AvgIpc) is 4.05. The van der Waals surface area contributed by atoms with E-state index in [9.17, 15) is 0 Å². The molecule has 0 saturated heterocycles. The molecule has 0 atom stereocenters. The molecule has 0 aliphatic rings. The normalized spacial score (nSPS) is 11.8. The van der Waals surface area contributed by atoms with Crippen molar-refractivity contribution < 1.29 is 0 Å². The third kappa shape index (κ3) is 6.06. The van der Waals surface area contributed by atoms with Crippen molar-refractivity contribution in [3.8, 4) is 67.9 Å². The van der Waals surface area contributed by atoms with E-state index in [0.717, 1.165) is 70.1 Å². The van der Waals surface area contributed by atoms with Gasteiger partial charge in [0.25, 0.3) is 0 Å². The first-order chi connectivity index (χ1) is 31.2. The van der Waals surface area contributed by atoms with Crippen LogP contribution in [0.25, 0.3) is 129 Å². The van der Waals surface area contributed by atoms with Crippen molar-refractivity contribution in [1.29, 1.82) is 0 Å². The van der Waals surface area contributed by atoms with Gasteiger partial charge in [0.2, 0.25) is 0 Å². The highest BCUT2D eigenvalue weighted by atomic mass is 32.1. The minimum atomic E-state index is 0.625. The fourth-order valence-corrected chi connectivity index (χ4v) is 12.3. The number of hydrogen-bond donors (Lipinski definition) is 0. The zero-order valence-electron chi connectivity index (χ0n) is 33.4. The van der Waals surface area contributed by atoms with Gasteiger partial charge in [-0.25, -0.2) is 24.9 Å². The van der Waals surface area contributed by atoms with Crippen LogP contribution in [0.4, 0.5) is 0 Å². The van der Waals surface area contributed by atoms with Crippen LogP contribution in [0.5, 0.6) is 0 Å². The number of fused-ring (bicyclic) bond motifs is 9. The summed E-state index contributed by atoms with van der Waals surface area (Å²) in [5.41, 5.74) is 9.09. The fourth-order valence-electron chi connectivity index (χ4n) is 8.81. The summed E-state index contributed by atoms with van der Waals surface area (Å²) in [6, 6.07) is 66.1. The Hall–Kier alpha value is -7.49. The van der Waals surface area contributed by atoms with Crippen molar-refractivity contribution in [3.63, 3.8) is 0 Å². The molecule has 63 heavy (non-hydrogen) atoms. The van der Waals surface area contributed by atoms with Gasteiger partial charge in [0, 0.05) is 78.2 Å². The summed E-state index contributed by atoms with van der Waals surface area (Å²) in [6.45, 7) is 0. The first-order valence-electron chi connectivity index (χ1n) is 20.7. The molecule has 5 heterocycles. The highest BCUT2D eigenvalue weighted by molar-refractivity contribution is 7.27. The van der Waals surface area contributed by atoms with Crippen molar-refractivity contribution in [2.24, 2.45) is 0 Å². The standard InChI is InChI=1S/C55H31N5S3/c1-3-14-32(15-4-1)48-51-49(40-21-8-10-26-44(40)63-51)57-53(56-48)36-28-29-45-42(31-36)47-41(24-13-27-46(47)61-45)55-59-52(33-16-5-2-6-17-33)58-54(60-55)35-19-11-18-34(30-35)37-22-12-23-39-38-20-7-9-25-43(38)62-50(37)39/h1-31H. The van der Waals surface area contributed by atoms with Gasteiger partial charge in [0.1, 0.15) is 0 Å². The average molecular weight is 858 g/mol. The van der Waals surface area contributed by atoms with E-state index in [1.807, 2.05) is 35.6 Å². The van der Waals surface area contributed by atoms with Gasteiger partial charge in [-0.05, 0) is 53.6 Å². The molecule has 8 heteroatoms. The zero-order chi connectivity index (χ0) is 41.4. The Bertz CT molecular complexity index is 3930. The molecular weight excluding hydrogens is 827 g/mol. The van der Waals surface area contributed by atoms with Crippen LogP contribution < -0.4 is 0 Å². The molecule has 0 aliphatic heterocycles. The minimum Gasteiger partial charge on any atom is -0.226 e. The highest BCUT2D eigenvalue weighted by Crippen LogP contribution is 2.44. The van der Waals surface area contributed by atoms with Crippen molar-refractivity contribution in [1.82, 2.24) is 24.9 Å². The van der Waals surface area contributed by atoms with Crippen LogP contribution in [0.1, 0.15) is 0 Å². The van der Waals surface area contributed by atoms with Gasteiger partial charge < -0.3 is 0 Å². The summed E-state index contributed by atoms with van der Waals surface area (Å²) in [5.74, 6) is 2.58. The summed E-state index contributed by atoms with van der Waals surface area (Å²) >= 11 is 5.36. The predicted molar refractivity (Wildman–Crippen MR) is 267 cm³/mol. The second-order valence-corrected chi connectivity index (χ2v) is 18.8. The van der Waals surface area contributed by atoms with Crippen LogP contribution in [-0.4, -0.2) is 24.9 Å². The molecule has 0 aliphatic carbocycles. The second-order valence-electron chi connectivity index (χ2n) is 15.6. The Morgan fingerprint density at radius 3 is 1.68 bits per heavy atom. The molecule has 13 rings (SSSR count). The van der Waals surface area contributed by atoms with Crippen LogP contribution in [0.3, 0.4) is 0 Å². The maximum Gasteiger partial charge on any atom is 0.164 e. The molecule has 0 radical (unpaired) electrons. The van der Waals surface area contributed by atoms with E-state index in [1.54, 1.807) is 22.7 Å². The zero-order valence-corrected chi connectivity index (χ0v) is 35.8. The van der Waals surface area contributed by atoms with Crippen LogP contribution in [0.2, 0.25) is 0 Å². The quantitative estimate of drug-likeness (QED) is 0.167. The summed E-state index contributed by atoms with van der Waals surface area (Å²) in [7, 11) is 0. The highest BCUT2D eigenvalue weighted by Gasteiger charge is 2.21. The summed E-state index contributed by atoms with van der Waals surface area (Å²) in [5, 5.41) is 5.92. The number of aromatic nitrogens is 5. The molecule has 0 fully saturated rings. The van der Waals surface area contributed by atoms with Gasteiger partial charge in [0.15, 0.2) is 23.3 Å². The maximum atomic E-state index is 5.31. The SMILES string of the molecule is c1ccc(-c2nc(-c3cccc(-c4cccc5c4sc4ccccc45)c3)nc(-c3cccc4sc5ccc(-c6nc(-c7ccccc7)c7sc8ccccc8c7n6)cc5c34)n2)cc1. The Kier molecular flexibility index (Phi) is 8.37. The van der Waals surface area contributed by atoms with Gasteiger partial charge in [0.05, 0.1) is 15.9 Å². The van der Waals surface area contributed by atoms with Crippen molar-refractivity contribution in [2.75, 3.05) is 0 Å². The van der Waals surface area contributed by atoms with Crippen molar-refractivity contribution >= 4 is 94.7 Å². The molecule has 5 nitrogen and oxygen atoms in total. The van der Waals surface area contributed by atoms with Gasteiger partial charge in [-0.1, -0.05) is 146 Å². The molecule has 0 spiro atoms. The summed E-state index contributed by atoms with van der Waals surface area (Å²) < 4.78 is 7.19. The van der Waals surface area contributed by atoms with Crippen LogP contribution in [-0.2, 0) is 0 Å². The molecule has 0 amide bonds. The third-order valence-electron chi connectivity index (χ3n) is 11.8.